The smallest absolute Gasteiger partial charge is 0.321 e. The summed E-state index contributed by atoms with van der Waals surface area (Å²) in [5, 5.41) is 0.0589. The summed E-state index contributed by atoms with van der Waals surface area (Å²) in [6.45, 7) is 0. The molecule has 1 aromatic carbocycles. The number of halogens is 1. The Morgan fingerprint density at radius 3 is 2.00 bits per heavy atom. The molecule has 0 spiro atoms. The van der Waals surface area contributed by atoms with Gasteiger partial charge in [-0.3, -0.25) is 0 Å². The van der Waals surface area contributed by atoms with Gasteiger partial charge in [0, 0.05) is 11.6 Å². The van der Waals surface area contributed by atoms with Gasteiger partial charge in [-0.05, 0) is 23.7 Å². The van der Waals surface area contributed by atoms with Gasteiger partial charge in [0.1, 0.15) is 11.5 Å². The Kier molecular flexibility index (Phi) is 4.01. The standard InChI is InChI=1S/C12H12ClN3O3/c1-17-8-4-7(5-9(6-8)18-2)10-14-11(13)16-12(15-10)19-3/h4-6H,1-3H3. The van der Waals surface area contributed by atoms with Crippen LogP contribution in [0.2, 0.25) is 5.28 Å². The molecule has 7 heteroatoms. The summed E-state index contributed by atoms with van der Waals surface area (Å²) in [7, 11) is 4.60. The van der Waals surface area contributed by atoms with Crippen LogP contribution in [0.4, 0.5) is 0 Å². The summed E-state index contributed by atoms with van der Waals surface area (Å²) in [5.41, 5.74) is 0.693. The van der Waals surface area contributed by atoms with Crippen LogP contribution in [0.1, 0.15) is 0 Å². The maximum absolute atomic E-state index is 5.82. The molecule has 0 fully saturated rings. The predicted molar refractivity (Wildman–Crippen MR) is 69.9 cm³/mol. The van der Waals surface area contributed by atoms with Gasteiger partial charge in [-0.15, -0.1) is 0 Å². The van der Waals surface area contributed by atoms with Crippen LogP contribution in [0, 0.1) is 0 Å². The molecule has 0 atom stereocenters. The molecule has 0 aliphatic carbocycles. The lowest BCUT2D eigenvalue weighted by Gasteiger charge is -2.08. The first-order valence-corrected chi connectivity index (χ1v) is 5.73. The van der Waals surface area contributed by atoms with Crippen molar-refractivity contribution in [2.24, 2.45) is 0 Å². The van der Waals surface area contributed by atoms with Crippen LogP contribution in [0.15, 0.2) is 18.2 Å². The van der Waals surface area contributed by atoms with E-state index in [1.165, 1.54) is 7.11 Å². The molecule has 0 amide bonds. The second kappa shape index (κ2) is 5.71. The monoisotopic (exact) mass is 281 g/mol. The van der Waals surface area contributed by atoms with Crippen molar-refractivity contribution in [2.75, 3.05) is 21.3 Å². The van der Waals surface area contributed by atoms with Gasteiger partial charge in [-0.2, -0.15) is 15.0 Å². The number of methoxy groups -OCH3 is 3. The van der Waals surface area contributed by atoms with E-state index in [9.17, 15) is 0 Å². The number of ether oxygens (including phenoxy) is 3. The summed E-state index contributed by atoms with van der Waals surface area (Å²) in [6, 6.07) is 5.45. The lowest BCUT2D eigenvalue weighted by atomic mass is 10.2. The minimum absolute atomic E-state index is 0.0589. The lowest BCUT2D eigenvalue weighted by molar-refractivity contribution is 0.378. The molecule has 0 bridgehead atoms. The fourth-order valence-corrected chi connectivity index (χ4v) is 1.64. The average Bonchev–Trinajstić information content (AvgIpc) is 2.45. The van der Waals surface area contributed by atoms with Gasteiger partial charge in [-0.1, -0.05) is 0 Å². The maximum atomic E-state index is 5.82. The molecule has 2 rings (SSSR count). The Bertz CT molecular complexity index is 570. The summed E-state index contributed by atoms with van der Waals surface area (Å²) in [5.74, 6) is 1.64. The van der Waals surface area contributed by atoms with Crippen molar-refractivity contribution in [3.63, 3.8) is 0 Å². The number of rotatable bonds is 4. The number of hydrogen-bond donors (Lipinski definition) is 0. The fourth-order valence-electron chi connectivity index (χ4n) is 1.49. The second-order valence-corrected chi connectivity index (χ2v) is 3.85. The molecule has 19 heavy (non-hydrogen) atoms. The van der Waals surface area contributed by atoms with Gasteiger partial charge in [0.2, 0.25) is 5.28 Å². The minimum Gasteiger partial charge on any atom is -0.497 e. The molecule has 2 aromatic rings. The van der Waals surface area contributed by atoms with E-state index in [0.29, 0.717) is 22.9 Å². The van der Waals surface area contributed by atoms with Crippen LogP contribution >= 0.6 is 11.6 Å². The molecule has 100 valence electrons. The van der Waals surface area contributed by atoms with Gasteiger partial charge in [-0.25, -0.2) is 0 Å². The first-order valence-electron chi connectivity index (χ1n) is 5.35. The first kappa shape index (κ1) is 13.4. The van der Waals surface area contributed by atoms with E-state index in [2.05, 4.69) is 15.0 Å². The van der Waals surface area contributed by atoms with Crippen molar-refractivity contribution >= 4 is 11.6 Å². The summed E-state index contributed by atoms with van der Waals surface area (Å²) < 4.78 is 15.3. The van der Waals surface area contributed by atoms with Gasteiger partial charge >= 0.3 is 6.01 Å². The molecule has 0 unspecified atom stereocenters. The third-order valence-corrected chi connectivity index (χ3v) is 2.55. The van der Waals surface area contributed by atoms with E-state index in [1.54, 1.807) is 32.4 Å². The third kappa shape index (κ3) is 3.03. The van der Waals surface area contributed by atoms with Crippen molar-refractivity contribution in [3.05, 3.63) is 23.5 Å². The predicted octanol–water partition coefficient (Wildman–Crippen LogP) is 2.22. The van der Waals surface area contributed by atoms with Gasteiger partial charge in [0.25, 0.3) is 0 Å². The van der Waals surface area contributed by atoms with E-state index in [4.69, 9.17) is 25.8 Å². The van der Waals surface area contributed by atoms with Crippen molar-refractivity contribution in [3.8, 4) is 28.9 Å². The molecule has 0 N–H and O–H groups in total. The molecular weight excluding hydrogens is 270 g/mol. The van der Waals surface area contributed by atoms with E-state index < -0.39 is 0 Å². The van der Waals surface area contributed by atoms with Crippen molar-refractivity contribution in [1.29, 1.82) is 0 Å². The highest BCUT2D eigenvalue weighted by atomic mass is 35.5. The SMILES string of the molecule is COc1cc(OC)cc(-c2nc(Cl)nc(OC)n2)c1. The van der Waals surface area contributed by atoms with Gasteiger partial charge < -0.3 is 14.2 Å². The summed E-state index contributed by atoms with van der Waals surface area (Å²) in [6.07, 6.45) is 0. The highest BCUT2D eigenvalue weighted by molar-refractivity contribution is 6.28. The molecule has 0 radical (unpaired) electrons. The van der Waals surface area contributed by atoms with E-state index >= 15 is 0 Å². The summed E-state index contributed by atoms with van der Waals surface area (Å²) in [4.78, 5) is 12.0. The van der Waals surface area contributed by atoms with Crippen LogP contribution in [0.25, 0.3) is 11.4 Å². The zero-order valence-electron chi connectivity index (χ0n) is 10.7. The van der Waals surface area contributed by atoms with Crippen molar-refractivity contribution in [1.82, 2.24) is 15.0 Å². The zero-order valence-corrected chi connectivity index (χ0v) is 11.4. The topological polar surface area (TPSA) is 66.4 Å². The van der Waals surface area contributed by atoms with Crippen LogP contribution in [-0.2, 0) is 0 Å². The Hall–Kier alpha value is -2.08. The molecule has 1 aromatic heterocycles. The van der Waals surface area contributed by atoms with E-state index in [-0.39, 0.29) is 11.3 Å². The number of aromatic nitrogens is 3. The molecule has 0 saturated carbocycles. The normalized spacial score (nSPS) is 10.1. The second-order valence-electron chi connectivity index (χ2n) is 3.52. The Labute approximate surface area is 115 Å². The number of hydrogen-bond acceptors (Lipinski definition) is 6. The van der Waals surface area contributed by atoms with Gasteiger partial charge in [0.15, 0.2) is 5.82 Å². The molecule has 1 heterocycles. The largest absolute Gasteiger partial charge is 0.497 e. The highest BCUT2D eigenvalue weighted by Crippen LogP contribution is 2.28. The molecule has 6 nitrogen and oxygen atoms in total. The Morgan fingerprint density at radius 1 is 0.842 bits per heavy atom. The average molecular weight is 282 g/mol. The lowest BCUT2D eigenvalue weighted by Crippen LogP contribution is -1.98. The number of nitrogens with zero attached hydrogens (tertiary/aromatic N) is 3. The fraction of sp³-hybridized carbons (Fsp3) is 0.250. The van der Waals surface area contributed by atoms with E-state index in [1.807, 2.05) is 0 Å². The number of benzene rings is 1. The van der Waals surface area contributed by atoms with Crippen molar-refractivity contribution < 1.29 is 14.2 Å². The van der Waals surface area contributed by atoms with Crippen LogP contribution in [0.3, 0.4) is 0 Å². The highest BCUT2D eigenvalue weighted by Gasteiger charge is 2.10. The van der Waals surface area contributed by atoms with Gasteiger partial charge in [0.05, 0.1) is 21.3 Å². The molecule has 0 saturated heterocycles. The molecule has 0 aliphatic heterocycles. The van der Waals surface area contributed by atoms with Crippen LogP contribution in [-0.4, -0.2) is 36.3 Å². The maximum Gasteiger partial charge on any atom is 0.321 e. The first-order chi connectivity index (χ1) is 9.16. The molecular formula is C12H12ClN3O3. The Morgan fingerprint density at radius 2 is 1.47 bits per heavy atom. The van der Waals surface area contributed by atoms with Crippen molar-refractivity contribution in [2.45, 2.75) is 0 Å². The van der Waals surface area contributed by atoms with Crippen LogP contribution in [0.5, 0.6) is 17.5 Å². The Balaban J connectivity index is 2.54. The third-order valence-electron chi connectivity index (χ3n) is 2.38. The molecule has 0 aliphatic rings. The quantitative estimate of drug-likeness (QED) is 0.856. The van der Waals surface area contributed by atoms with Crippen LogP contribution < -0.4 is 14.2 Å². The minimum atomic E-state index is 0.0589. The zero-order chi connectivity index (χ0) is 13.8. The van der Waals surface area contributed by atoms with E-state index in [0.717, 1.165) is 0 Å². The summed E-state index contributed by atoms with van der Waals surface area (Å²) >= 11 is 5.82.